The van der Waals surface area contributed by atoms with Crippen LogP contribution in [0.15, 0.2) is 29.9 Å². The number of pyridine rings is 1. The van der Waals surface area contributed by atoms with E-state index in [0.29, 0.717) is 18.4 Å². The number of aromatic nitrogens is 2. The normalized spacial score (nSPS) is 10.9. The Morgan fingerprint density at radius 2 is 2.06 bits per heavy atom. The molecule has 0 aliphatic carbocycles. The second kappa shape index (κ2) is 5.12. The van der Waals surface area contributed by atoms with Gasteiger partial charge in [-0.25, -0.2) is 13.8 Å². The van der Waals surface area contributed by atoms with Crippen molar-refractivity contribution in [3.8, 4) is 0 Å². The maximum atomic E-state index is 12.6. The first-order chi connectivity index (χ1) is 7.77. The predicted molar refractivity (Wildman–Crippen MR) is 58.7 cm³/mol. The Bertz CT molecular complexity index is 443. The fourth-order valence-corrected chi connectivity index (χ4v) is 2.10. The molecule has 0 atom stereocenters. The van der Waals surface area contributed by atoms with E-state index >= 15 is 0 Å². The van der Waals surface area contributed by atoms with Gasteiger partial charge in [0.25, 0.3) is 6.43 Å². The minimum atomic E-state index is -2.51. The molecule has 0 fully saturated rings. The Balaban J connectivity index is 2.09. The molecule has 0 radical (unpaired) electrons. The van der Waals surface area contributed by atoms with Crippen LogP contribution in [0.2, 0.25) is 0 Å². The van der Waals surface area contributed by atoms with Crippen molar-refractivity contribution in [3.05, 3.63) is 46.2 Å². The van der Waals surface area contributed by atoms with Crippen molar-refractivity contribution < 1.29 is 8.78 Å². The van der Waals surface area contributed by atoms with Crippen LogP contribution in [0, 0.1) is 0 Å². The summed E-state index contributed by atoms with van der Waals surface area (Å²) in [6.45, 7) is 0. The van der Waals surface area contributed by atoms with Crippen molar-refractivity contribution in [1.82, 2.24) is 9.97 Å². The number of halogens is 2. The van der Waals surface area contributed by atoms with Crippen molar-refractivity contribution in [1.29, 1.82) is 0 Å². The minimum Gasteiger partial charge on any atom is -0.255 e. The van der Waals surface area contributed by atoms with E-state index in [0.717, 1.165) is 5.01 Å². The molecule has 2 heterocycles. The van der Waals surface area contributed by atoms with Gasteiger partial charge in [-0.3, -0.25) is 4.98 Å². The number of hydrogen-bond donors (Lipinski definition) is 0. The van der Waals surface area contributed by atoms with Gasteiger partial charge in [0.15, 0.2) is 0 Å². The van der Waals surface area contributed by atoms with Crippen LogP contribution in [0.5, 0.6) is 0 Å². The zero-order chi connectivity index (χ0) is 11.4. The fourth-order valence-electron chi connectivity index (χ4n) is 1.48. The lowest BCUT2D eigenvalue weighted by Gasteiger charge is -2.05. The van der Waals surface area contributed by atoms with Gasteiger partial charge in [0, 0.05) is 24.2 Å². The van der Waals surface area contributed by atoms with Gasteiger partial charge < -0.3 is 0 Å². The minimum absolute atomic E-state index is 0.112. The molecule has 0 bridgehead atoms. The summed E-state index contributed by atoms with van der Waals surface area (Å²) in [7, 11) is 0. The molecule has 16 heavy (non-hydrogen) atoms. The molecule has 0 aromatic carbocycles. The van der Waals surface area contributed by atoms with E-state index in [1.807, 2.05) is 5.38 Å². The average molecular weight is 240 g/mol. The van der Waals surface area contributed by atoms with Crippen LogP contribution in [0.25, 0.3) is 0 Å². The average Bonchev–Trinajstić information content (AvgIpc) is 2.79. The molecule has 0 amide bonds. The van der Waals surface area contributed by atoms with Gasteiger partial charge in [0.05, 0.1) is 5.01 Å². The van der Waals surface area contributed by atoms with Crippen LogP contribution >= 0.6 is 11.3 Å². The molecular weight excluding hydrogens is 230 g/mol. The van der Waals surface area contributed by atoms with Crippen LogP contribution in [0.3, 0.4) is 0 Å². The highest BCUT2D eigenvalue weighted by molar-refractivity contribution is 7.09. The largest absolute Gasteiger partial charge is 0.280 e. The molecule has 0 saturated carbocycles. The van der Waals surface area contributed by atoms with E-state index in [-0.39, 0.29) is 5.69 Å². The van der Waals surface area contributed by atoms with E-state index in [2.05, 4.69) is 9.97 Å². The molecule has 0 spiro atoms. The van der Waals surface area contributed by atoms with Crippen molar-refractivity contribution in [3.63, 3.8) is 0 Å². The second-order valence-corrected chi connectivity index (χ2v) is 4.25. The van der Waals surface area contributed by atoms with Gasteiger partial charge in [-0.05, 0) is 18.1 Å². The van der Waals surface area contributed by atoms with Gasteiger partial charge in [-0.15, -0.1) is 11.3 Å². The van der Waals surface area contributed by atoms with Crippen LogP contribution in [0.4, 0.5) is 8.78 Å². The molecule has 0 aliphatic heterocycles. The Kier molecular flexibility index (Phi) is 3.56. The molecule has 0 saturated heterocycles. The quantitative estimate of drug-likeness (QED) is 0.819. The second-order valence-electron chi connectivity index (χ2n) is 3.27. The standard InChI is InChI=1S/C11H10F2N2S/c12-11(13)10-8(2-1-5-15-10)3-4-9-14-6-7-16-9/h1-2,5-7,11H,3-4H2. The number of rotatable bonds is 4. The van der Waals surface area contributed by atoms with Gasteiger partial charge in [-0.2, -0.15) is 0 Å². The van der Waals surface area contributed by atoms with E-state index in [4.69, 9.17) is 0 Å². The lowest BCUT2D eigenvalue weighted by molar-refractivity contribution is 0.145. The Morgan fingerprint density at radius 1 is 1.19 bits per heavy atom. The summed E-state index contributed by atoms with van der Waals surface area (Å²) < 4.78 is 25.2. The molecule has 0 unspecified atom stereocenters. The third-order valence-electron chi connectivity index (χ3n) is 2.22. The monoisotopic (exact) mass is 240 g/mol. The smallest absolute Gasteiger partial charge is 0.255 e. The molecule has 2 rings (SSSR count). The SMILES string of the molecule is FC(F)c1ncccc1CCc1nccs1. The van der Waals surface area contributed by atoms with Gasteiger partial charge in [0.2, 0.25) is 0 Å². The summed E-state index contributed by atoms with van der Waals surface area (Å²) in [5.41, 5.74) is 0.492. The van der Waals surface area contributed by atoms with Crippen molar-refractivity contribution in [2.75, 3.05) is 0 Å². The number of hydrogen-bond acceptors (Lipinski definition) is 3. The van der Waals surface area contributed by atoms with E-state index in [1.54, 1.807) is 18.3 Å². The van der Waals surface area contributed by atoms with Crippen LogP contribution in [-0.2, 0) is 12.8 Å². The summed E-state index contributed by atoms with van der Waals surface area (Å²) in [6.07, 6.45) is 1.85. The fraction of sp³-hybridized carbons (Fsp3) is 0.273. The third-order valence-corrected chi connectivity index (χ3v) is 3.06. The Morgan fingerprint density at radius 3 is 2.75 bits per heavy atom. The summed E-state index contributed by atoms with van der Waals surface area (Å²) in [5.74, 6) is 0. The van der Waals surface area contributed by atoms with Crippen molar-refractivity contribution in [2.24, 2.45) is 0 Å². The molecule has 84 valence electrons. The third kappa shape index (κ3) is 2.61. The first kappa shape index (κ1) is 11.1. The Labute approximate surface area is 96.0 Å². The predicted octanol–water partition coefficient (Wildman–Crippen LogP) is 3.26. The highest BCUT2D eigenvalue weighted by Gasteiger charge is 2.13. The zero-order valence-electron chi connectivity index (χ0n) is 8.44. The lowest BCUT2D eigenvalue weighted by Crippen LogP contribution is -1.99. The van der Waals surface area contributed by atoms with E-state index in [9.17, 15) is 8.78 Å². The van der Waals surface area contributed by atoms with E-state index in [1.165, 1.54) is 17.5 Å². The van der Waals surface area contributed by atoms with Crippen LogP contribution in [0.1, 0.15) is 22.7 Å². The summed E-state index contributed by atoms with van der Waals surface area (Å²) in [5, 5.41) is 2.84. The molecule has 5 heteroatoms. The number of thiazole rings is 1. The van der Waals surface area contributed by atoms with E-state index < -0.39 is 6.43 Å². The molecule has 0 N–H and O–H groups in total. The number of aryl methyl sites for hydroxylation is 2. The molecule has 2 aromatic heterocycles. The van der Waals surface area contributed by atoms with Crippen LogP contribution < -0.4 is 0 Å². The van der Waals surface area contributed by atoms with Crippen LogP contribution in [-0.4, -0.2) is 9.97 Å². The van der Waals surface area contributed by atoms with Gasteiger partial charge in [0.1, 0.15) is 5.69 Å². The van der Waals surface area contributed by atoms with Gasteiger partial charge in [-0.1, -0.05) is 6.07 Å². The maximum Gasteiger partial charge on any atom is 0.280 e. The van der Waals surface area contributed by atoms with Crippen molar-refractivity contribution >= 4 is 11.3 Å². The Hall–Kier alpha value is -1.36. The number of nitrogens with zero attached hydrogens (tertiary/aromatic N) is 2. The first-order valence-electron chi connectivity index (χ1n) is 4.87. The highest BCUT2D eigenvalue weighted by atomic mass is 32.1. The summed E-state index contributed by atoms with van der Waals surface area (Å²) >= 11 is 1.54. The summed E-state index contributed by atoms with van der Waals surface area (Å²) in [6, 6.07) is 3.38. The molecular formula is C11H10F2N2S. The van der Waals surface area contributed by atoms with Gasteiger partial charge >= 0.3 is 0 Å². The topological polar surface area (TPSA) is 25.8 Å². The first-order valence-corrected chi connectivity index (χ1v) is 5.75. The highest BCUT2D eigenvalue weighted by Crippen LogP contribution is 2.21. The van der Waals surface area contributed by atoms with Crippen molar-refractivity contribution in [2.45, 2.75) is 19.3 Å². The molecule has 0 aliphatic rings. The number of alkyl halides is 2. The maximum absolute atomic E-state index is 12.6. The summed E-state index contributed by atoms with van der Waals surface area (Å²) in [4.78, 5) is 7.83. The lowest BCUT2D eigenvalue weighted by atomic mass is 10.1. The molecule has 2 nitrogen and oxygen atoms in total. The zero-order valence-corrected chi connectivity index (χ0v) is 9.25. The molecule has 2 aromatic rings.